The van der Waals surface area contributed by atoms with Crippen molar-refractivity contribution >= 4 is 12.2 Å². The zero-order valence-electron chi connectivity index (χ0n) is 16.2. The molecular weight excluding hydrogens is 326 g/mol. The molecular formula is C22H31NO3. The van der Waals surface area contributed by atoms with E-state index >= 15 is 0 Å². The van der Waals surface area contributed by atoms with Crippen molar-refractivity contribution in [2.45, 2.75) is 77.7 Å². The fourth-order valence-electron chi connectivity index (χ4n) is 7.11. The second kappa shape index (κ2) is 5.79. The molecule has 4 aliphatic rings. The standard InChI is InChI=1S/C22H31NO3/c1-14(23-13-24)17-6-7-18-19-5-4-15-12-16(25)8-9-21(15,3)22(19,26)11-10-20(17,18)2/h12-13,18-19,26H,4-11H2,1-3H3,(H,23,24)/b17-14-/t18-,19-,20+,21-,22+/m0/s1. The molecule has 0 aromatic heterocycles. The molecule has 5 atom stereocenters. The number of ketones is 1. The molecule has 1 amide bonds. The van der Waals surface area contributed by atoms with Gasteiger partial charge in [-0.05, 0) is 80.8 Å². The highest BCUT2D eigenvalue weighted by Gasteiger charge is 2.65. The Morgan fingerprint density at radius 3 is 2.62 bits per heavy atom. The van der Waals surface area contributed by atoms with Crippen LogP contribution in [0.2, 0.25) is 0 Å². The number of aliphatic hydroxyl groups is 1. The molecule has 4 rings (SSSR count). The topological polar surface area (TPSA) is 66.4 Å². The van der Waals surface area contributed by atoms with Crippen molar-refractivity contribution < 1.29 is 14.7 Å². The summed E-state index contributed by atoms with van der Waals surface area (Å²) in [6.45, 7) is 6.55. The minimum absolute atomic E-state index is 0.0685. The fourth-order valence-corrected chi connectivity index (χ4v) is 7.11. The first kappa shape index (κ1) is 18.0. The average Bonchev–Trinajstić information content (AvgIpc) is 2.94. The summed E-state index contributed by atoms with van der Waals surface area (Å²) in [5.41, 5.74) is 2.67. The molecule has 0 spiro atoms. The van der Waals surface area contributed by atoms with E-state index in [-0.39, 0.29) is 22.5 Å². The van der Waals surface area contributed by atoms with Crippen molar-refractivity contribution in [2.24, 2.45) is 22.7 Å². The lowest BCUT2D eigenvalue weighted by atomic mass is 9.45. The Kier molecular flexibility index (Phi) is 4.00. The Morgan fingerprint density at radius 1 is 1.15 bits per heavy atom. The van der Waals surface area contributed by atoms with Gasteiger partial charge in [0.1, 0.15) is 0 Å². The Balaban J connectivity index is 1.73. The van der Waals surface area contributed by atoms with Crippen LogP contribution in [0, 0.1) is 22.7 Å². The first-order valence-corrected chi connectivity index (χ1v) is 10.1. The molecule has 0 saturated heterocycles. The van der Waals surface area contributed by atoms with Gasteiger partial charge in [0.25, 0.3) is 0 Å². The minimum Gasteiger partial charge on any atom is -0.389 e. The second-order valence-corrected chi connectivity index (χ2v) is 9.47. The molecule has 0 aliphatic heterocycles. The highest BCUT2D eigenvalue weighted by atomic mass is 16.3. The highest BCUT2D eigenvalue weighted by molar-refractivity contribution is 5.91. The molecule has 3 saturated carbocycles. The molecule has 4 heteroatoms. The number of carbonyl (C=O) groups is 2. The van der Waals surface area contributed by atoms with E-state index in [1.807, 2.05) is 13.0 Å². The van der Waals surface area contributed by atoms with Crippen LogP contribution in [0.25, 0.3) is 0 Å². The number of hydrogen-bond donors (Lipinski definition) is 2. The van der Waals surface area contributed by atoms with E-state index in [4.69, 9.17) is 0 Å². The predicted molar refractivity (Wildman–Crippen MR) is 100 cm³/mol. The molecule has 3 fully saturated rings. The minimum atomic E-state index is -0.705. The van der Waals surface area contributed by atoms with E-state index in [0.717, 1.165) is 57.1 Å². The van der Waals surface area contributed by atoms with Gasteiger partial charge in [-0.15, -0.1) is 0 Å². The van der Waals surface area contributed by atoms with E-state index in [1.165, 1.54) is 11.1 Å². The third-order valence-corrected chi connectivity index (χ3v) is 8.66. The largest absolute Gasteiger partial charge is 0.389 e. The third-order valence-electron chi connectivity index (χ3n) is 8.66. The van der Waals surface area contributed by atoms with Crippen LogP contribution in [0.1, 0.15) is 72.1 Å². The van der Waals surface area contributed by atoms with Crippen molar-refractivity contribution in [3.8, 4) is 0 Å². The van der Waals surface area contributed by atoms with Crippen LogP contribution in [-0.4, -0.2) is 22.9 Å². The van der Waals surface area contributed by atoms with Crippen molar-refractivity contribution in [3.63, 3.8) is 0 Å². The Morgan fingerprint density at radius 2 is 1.88 bits per heavy atom. The summed E-state index contributed by atoms with van der Waals surface area (Å²) in [7, 11) is 0. The normalized spacial score (nSPS) is 46.6. The summed E-state index contributed by atoms with van der Waals surface area (Å²) < 4.78 is 0. The van der Waals surface area contributed by atoms with Gasteiger partial charge >= 0.3 is 0 Å². The Hall–Kier alpha value is -1.42. The third kappa shape index (κ3) is 2.17. The Labute approximate surface area is 156 Å². The number of hydrogen-bond acceptors (Lipinski definition) is 3. The van der Waals surface area contributed by atoms with Crippen LogP contribution >= 0.6 is 0 Å². The number of allylic oxidation sites excluding steroid dienone is 2. The first-order valence-electron chi connectivity index (χ1n) is 10.1. The van der Waals surface area contributed by atoms with Crippen LogP contribution in [-0.2, 0) is 9.59 Å². The van der Waals surface area contributed by atoms with Gasteiger partial charge < -0.3 is 10.4 Å². The van der Waals surface area contributed by atoms with Crippen LogP contribution < -0.4 is 5.32 Å². The molecule has 0 aromatic carbocycles. The maximum absolute atomic E-state index is 12.0. The van der Waals surface area contributed by atoms with Gasteiger partial charge in [0.15, 0.2) is 5.78 Å². The van der Waals surface area contributed by atoms with Gasteiger partial charge in [-0.25, -0.2) is 0 Å². The highest BCUT2D eigenvalue weighted by Crippen LogP contribution is 2.68. The molecule has 26 heavy (non-hydrogen) atoms. The van der Waals surface area contributed by atoms with E-state index in [0.29, 0.717) is 12.3 Å². The van der Waals surface area contributed by atoms with E-state index in [1.54, 1.807) is 0 Å². The summed E-state index contributed by atoms with van der Waals surface area (Å²) >= 11 is 0. The molecule has 0 aromatic rings. The SMILES string of the molecule is C/C(NC=O)=C1\CC[C@H]2[C@@H]3CCC4=CC(=O)CC[C@]4(C)[C@@]3(O)CC[C@]12C. The summed E-state index contributed by atoms with van der Waals surface area (Å²) in [5.74, 6) is 0.954. The van der Waals surface area contributed by atoms with Crippen LogP contribution in [0.3, 0.4) is 0 Å². The number of fused-ring (bicyclic) bond motifs is 5. The van der Waals surface area contributed by atoms with Gasteiger partial charge in [0, 0.05) is 17.5 Å². The predicted octanol–water partition coefficient (Wildman–Crippen LogP) is 3.65. The number of nitrogens with one attached hydrogen (secondary N) is 1. The smallest absolute Gasteiger partial charge is 0.211 e. The lowest BCUT2D eigenvalue weighted by molar-refractivity contribution is -0.183. The summed E-state index contributed by atoms with van der Waals surface area (Å²) in [5, 5.41) is 14.9. The van der Waals surface area contributed by atoms with Crippen LogP contribution in [0.5, 0.6) is 0 Å². The summed E-state index contributed by atoms with van der Waals surface area (Å²) in [4.78, 5) is 22.9. The molecule has 2 N–H and O–H groups in total. The van der Waals surface area contributed by atoms with Gasteiger partial charge in [0.05, 0.1) is 5.60 Å². The van der Waals surface area contributed by atoms with Gasteiger partial charge in [-0.1, -0.05) is 19.4 Å². The van der Waals surface area contributed by atoms with Crippen molar-refractivity contribution in [1.29, 1.82) is 0 Å². The summed E-state index contributed by atoms with van der Waals surface area (Å²) in [6, 6.07) is 0. The first-order chi connectivity index (χ1) is 12.3. The summed E-state index contributed by atoms with van der Waals surface area (Å²) in [6.07, 6.45) is 9.69. The quantitative estimate of drug-likeness (QED) is 0.741. The molecule has 4 nitrogen and oxygen atoms in total. The van der Waals surface area contributed by atoms with E-state index in [9.17, 15) is 14.7 Å². The second-order valence-electron chi connectivity index (χ2n) is 9.47. The molecule has 0 radical (unpaired) electrons. The van der Waals surface area contributed by atoms with Gasteiger partial charge in [-0.2, -0.15) is 0 Å². The number of carbonyl (C=O) groups excluding carboxylic acids is 2. The van der Waals surface area contributed by atoms with Crippen molar-refractivity contribution in [3.05, 3.63) is 22.9 Å². The van der Waals surface area contributed by atoms with Gasteiger partial charge in [0.2, 0.25) is 6.41 Å². The molecule has 142 valence electrons. The monoisotopic (exact) mass is 357 g/mol. The van der Waals surface area contributed by atoms with Crippen LogP contribution in [0.15, 0.2) is 22.9 Å². The Bertz CT molecular complexity index is 723. The maximum Gasteiger partial charge on any atom is 0.211 e. The number of rotatable bonds is 2. The molecule has 4 aliphatic carbocycles. The lowest BCUT2D eigenvalue weighted by Gasteiger charge is -2.62. The van der Waals surface area contributed by atoms with Crippen molar-refractivity contribution in [2.75, 3.05) is 0 Å². The maximum atomic E-state index is 12.0. The zero-order chi connectivity index (χ0) is 18.7. The molecule has 0 bridgehead atoms. The fraction of sp³-hybridized carbons (Fsp3) is 0.727. The van der Waals surface area contributed by atoms with Crippen LogP contribution in [0.4, 0.5) is 0 Å². The van der Waals surface area contributed by atoms with Crippen molar-refractivity contribution in [1.82, 2.24) is 5.32 Å². The van der Waals surface area contributed by atoms with E-state index < -0.39 is 5.60 Å². The number of amides is 1. The molecule has 0 unspecified atom stereocenters. The average molecular weight is 357 g/mol. The lowest BCUT2D eigenvalue weighted by Crippen LogP contribution is -2.62. The van der Waals surface area contributed by atoms with E-state index in [2.05, 4.69) is 19.2 Å². The van der Waals surface area contributed by atoms with Gasteiger partial charge in [-0.3, -0.25) is 9.59 Å². The zero-order valence-corrected chi connectivity index (χ0v) is 16.2. The molecule has 0 heterocycles.